The van der Waals surface area contributed by atoms with Crippen molar-refractivity contribution < 1.29 is 18.1 Å². The predicted octanol–water partition coefficient (Wildman–Crippen LogP) is 4.79. The fraction of sp³-hybridized carbons (Fsp3) is 0.318. The van der Waals surface area contributed by atoms with E-state index in [0.29, 0.717) is 10.9 Å². The Morgan fingerprint density at radius 3 is 2.36 bits per heavy atom. The minimum Gasteiger partial charge on any atom is -0.434 e. The van der Waals surface area contributed by atoms with Gasteiger partial charge in [0.1, 0.15) is 17.8 Å². The van der Waals surface area contributed by atoms with Gasteiger partial charge in [-0.25, -0.2) is 18.4 Å². The Morgan fingerprint density at radius 2 is 1.76 bits per heavy atom. The van der Waals surface area contributed by atoms with Crippen LogP contribution in [0.3, 0.4) is 0 Å². The number of hydrogen-bond acceptors (Lipinski definition) is 9. The zero-order valence-corrected chi connectivity index (χ0v) is 19.5. The van der Waals surface area contributed by atoms with Gasteiger partial charge < -0.3 is 4.74 Å². The smallest absolute Gasteiger partial charge is 0.352 e. The number of sulfone groups is 1. The summed E-state index contributed by atoms with van der Waals surface area (Å²) in [7, 11) is -3.35. The number of aromatic nitrogens is 3. The van der Waals surface area contributed by atoms with Gasteiger partial charge in [0, 0.05) is 23.6 Å². The van der Waals surface area contributed by atoms with Gasteiger partial charge in [-0.05, 0) is 62.1 Å². The minimum atomic E-state index is -3.35. The third kappa shape index (κ3) is 5.66. The van der Waals surface area contributed by atoms with Crippen LogP contribution in [0.15, 0.2) is 64.9 Å². The lowest BCUT2D eigenvalue weighted by atomic mass is 9.86. The Kier molecular flexibility index (Phi) is 6.89. The molecule has 2 aromatic heterocycles. The van der Waals surface area contributed by atoms with Crippen LogP contribution in [0, 0.1) is 10.1 Å². The molecule has 0 saturated heterocycles. The van der Waals surface area contributed by atoms with E-state index in [-0.39, 0.29) is 28.1 Å². The molecule has 0 N–H and O–H groups in total. The molecule has 3 aromatic rings. The van der Waals surface area contributed by atoms with Crippen molar-refractivity contribution in [2.45, 2.75) is 46.8 Å². The molecule has 1 aromatic carbocycles. The van der Waals surface area contributed by atoms with Crippen LogP contribution in [0.2, 0.25) is 0 Å². The maximum Gasteiger partial charge on any atom is 0.352 e. The zero-order chi connectivity index (χ0) is 23.4. The van der Waals surface area contributed by atoms with Gasteiger partial charge in [-0.3, -0.25) is 10.1 Å². The number of ether oxygens (including phenoxy) is 1. The highest BCUT2D eigenvalue weighted by Crippen LogP contribution is 2.43. The van der Waals surface area contributed by atoms with Gasteiger partial charge in [0.2, 0.25) is 0 Å². The molecule has 1 saturated carbocycles. The Morgan fingerprint density at radius 1 is 1.03 bits per heavy atom. The Hall–Kier alpha value is -3.05. The third-order valence-corrected chi connectivity index (χ3v) is 7.87. The molecule has 0 amide bonds. The minimum absolute atomic E-state index is 0.0658. The van der Waals surface area contributed by atoms with Crippen LogP contribution in [0.25, 0.3) is 0 Å². The maximum absolute atomic E-state index is 11.9. The first-order valence-corrected chi connectivity index (χ1v) is 13.1. The largest absolute Gasteiger partial charge is 0.434 e. The van der Waals surface area contributed by atoms with Crippen molar-refractivity contribution in [3.63, 3.8) is 0 Å². The van der Waals surface area contributed by atoms with Gasteiger partial charge in [0.05, 0.1) is 14.8 Å². The average Bonchev–Trinajstić information content (AvgIpc) is 2.80. The summed E-state index contributed by atoms with van der Waals surface area (Å²) in [4.78, 5) is 24.1. The van der Waals surface area contributed by atoms with Crippen LogP contribution in [-0.4, -0.2) is 39.8 Å². The summed E-state index contributed by atoms with van der Waals surface area (Å²) < 4.78 is 28.9. The molecule has 0 radical (unpaired) electrons. The average molecular weight is 487 g/mol. The fourth-order valence-electron chi connectivity index (χ4n) is 3.83. The van der Waals surface area contributed by atoms with Crippen LogP contribution < -0.4 is 4.74 Å². The van der Waals surface area contributed by atoms with Gasteiger partial charge in [0.15, 0.2) is 9.84 Å². The van der Waals surface area contributed by atoms with Crippen molar-refractivity contribution in [1.82, 2.24) is 15.0 Å². The molecule has 4 rings (SSSR count). The Labute approximate surface area is 195 Å². The highest BCUT2D eigenvalue weighted by molar-refractivity contribution is 7.99. The molecule has 1 aliphatic carbocycles. The maximum atomic E-state index is 11.9. The number of benzene rings is 1. The van der Waals surface area contributed by atoms with Crippen molar-refractivity contribution in [3.8, 4) is 11.6 Å². The number of hydrogen-bond donors (Lipinski definition) is 0. The number of pyridine rings is 1. The van der Waals surface area contributed by atoms with Gasteiger partial charge >= 0.3 is 11.6 Å². The SMILES string of the molecule is CS(=O)(=O)c1ccc(Oc2ncnc(C3CCC(Sc4ccccn4)CC3)c2[N+](=O)[O-])cc1. The van der Waals surface area contributed by atoms with E-state index in [1.54, 1.807) is 18.0 Å². The molecule has 172 valence electrons. The molecule has 1 aliphatic rings. The summed E-state index contributed by atoms with van der Waals surface area (Å²) in [6, 6.07) is 11.5. The molecular weight excluding hydrogens is 464 g/mol. The summed E-state index contributed by atoms with van der Waals surface area (Å²) in [5.74, 6) is 0.0386. The molecule has 2 heterocycles. The number of rotatable bonds is 7. The van der Waals surface area contributed by atoms with E-state index in [1.807, 2.05) is 18.2 Å². The molecule has 11 heteroatoms. The standard InChI is InChI=1S/C22H22N4O5S2/c1-33(29,30)18-11-7-16(8-12-18)31-22-21(26(27)28)20(24-14-25-22)15-5-9-17(10-6-15)32-19-4-2-3-13-23-19/h2-4,7-8,11-15,17H,5-6,9-10H2,1H3. The molecule has 0 unspecified atom stereocenters. The Balaban J connectivity index is 1.50. The second-order valence-corrected chi connectivity index (χ2v) is 11.1. The molecule has 0 bridgehead atoms. The van der Waals surface area contributed by atoms with E-state index in [4.69, 9.17) is 4.74 Å². The normalized spacial score (nSPS) is 18.6. The van der Waals surface area contributed by atoms with Crippen molar-refractivity contribution in [2.24, 2.45) is 0 Å². The second-order valence-electron chi connectivity index (χ2n) is 7.77. The topological polar surface area (TPSA) is 125 Å². The monoisotopic (exact) mass is 486 g/mol. The molecule has 0 aliphatic heterocycles. The molecule has 1 fully saturated rings. The lowest BCUT2D eigenvalue weighted by Gasteiger charge is -2.27. The molecule has 33 heavy (non-hydrogen) atoms. The van der Waals surface area contributed by atoms with E-state index in [1.165, 1.54) is 30.6 Å². The quantitative estimate of drug-likeness (QED) is 0.342. The number of thioether (sulfide) groups is 1. The van der Waals surface area contributed by atoms with Gasteiger partial charge in [-0.1, -0.05) is 6.07 Å². The third-order valence-electron chi connectivity index (χ3n) is 5.45. The predicted molar refractivity (Wildman–Crippen MR) is 123 cm³/mol. The van der Waals surface area contributed by atoms with Crippen LogP contribution in [0.1, 0.15) is 37.3 Å². The fourth-order valence-corrected chi connectivity index (χ4v) is 5.59. The van der Waals surface area contributed by atoms with Crippen molar-refractivity contribution in [3.05, 3.63) is 70.8 Å². The van der Waals surface area contributed by atoms with E-state index in [9.17, 15) is 18.5 Å². The molecule has 0 atom stereocenters. The number of nitro groups is 1. The van der Waals surface area contributed by atoms with E-state index < -0.39 is 14.8 Å². The first-order valence-electron chi connectivity index (χ1n) is 10.4. The van der Waals surface area contributed by atoms with E-state index in [0.717, 1.165) is 37.0 Å². The highest BCUT2D eigenvalue weighted by Gasteiger charge is 2.33. The molecule has 9 nitrogen and oxygen atoms in total. The van der Waals surface area contributed by atoms with Crippen LogP contribution in [-0.2, 0) is 9.84 Å². The summed E-state index contributed by atoms with van der Waals surface area (Å²) in [6.07, 6.45) is 7.49. The van der Waals surface area contributed by atoms with Crippen LogP contribution in [0.5, 0.6) is 11.6 Å². The lowest BCUT2D eigenvalue weighted by molar-refractivity contribution is -0.387. The van der Waals surface area contributed by atoms with E-state index >= 15 is 0 Å². The summed E-state index contributed by atoms with van der Waals surface area (Å²) in [6.45, 7) is 0. The molecule has 0 spiro atoms. The Bertz CT molecular complexity index is 1230. The summed E-state index contributed by atoms with van der Waals surface area (Å²) in [5.41, 5.74) is 0.129. The summed E-state index contributed by atoms with van der Waals surface area (Å²) in [5, 5.41) is 13.3. The second kappa shape index (κ2) is 9.84. The first kappa shape index (κ1) is 23.1. The highest BCUT2D eigenvalue weighted by atomic mass is 32.2. The first-order chi connectivity index (χ1) is 15.8. The van der Waals surface area contributed by atoms with Crippen LogP contribution in [0.4, 0.5) is 5.69 Å². The zero-order valence-electron chi connectivity index (χ0n) is 17.8. The van der Waals surface area contributed by atoms with Crippen molar-refractivity contribution >= 4 is 27.3 Å². The van der Waals surface area contributed by atoms with Gasteiger partial charge in [-0.15, -0.1) is 11.8 Å². The van der Waals surface area contributed by atoms with Crippen molar-refractivity contribution in [2.75, 3.05) is 6.26 Å². The molecular formula is C22H22N4O5S2. The summed E-state index contributed by atoms with van der Waals surface area (Å²) >= 11 is 1.73. The van der Waals surface area contributed by atoms with Crippen LogP contribution >= 0.6 is 11.8 Å². The van der Waals surface area contributed by atoms with Crippen molar-refractivity contribution in [1.29, 1.82) is 0 Å². The van der Waals surface area contributed by atoms with Gasteiger partial charge in [0.25, 0.3) is 0 Å². The van der Waals surface area contributed by atoms with Gasteiger partial charge in [-0.2, -0.15) is 4.98 Å². The lowest BCUT2D eigenvalue weighted by Crippen LogP contribution is -2.17. The number of nitrogens with zero attached hydrogens (tertiary/aromatic N) is 4. The van der Waals surface area contributed by atoms with E-state index in [2.05, 4.69) is 15.0 Å².